The van der Waals surface area contributed by atoms with E-state index in [-0.39, 0.29) is 5.56 Å². The molecule has 1 atom stereocenters. The van der Waals surface area contributed by atoms with Crippen LogP contribution >= 0.6 is 0 Å². The number of hydrogen-bond donors (Lipinski definition) is 1. The number of likely N-dealkylation sites (N-methyl/N-ethyl adjacent to an activating group) is 1. The second kappa shape index (κ2) is 6.19. The number of nitrogens with one attached hydrogen (secondary N) is 1. The largest absolute Gasteiger partial charge is 0.373 e. The monoisotopic (exact) mass is 264 g/mol. The molecule has 0 spiro atoms. The molecular formula is C14H24N4O. The average Bonchev–Trinajstić information content (AvgIpc) is 3.22. The highest BCUT2D eigenvalue weighted by molar-refractivity contribution is 5.41. The van der Waals surface area contributed by atoms with E-state index in [9.17, 15) is 4.79 Å². The van der Waals surface area contributed by atoms with E-state index in [4.69, 9.17) is 0 Å². The summed E-state index contributed by atoms with van der Waals surface area (Å²) in [5, 5.41) is 7.59. The Morgan fingerprint density at radius 2 is 2.32 bits per heavy atom. The molecule has 0 aromatic carbocycles. The van der Waals surface area contributed by atoms with Gasteiger partial charge in [0, 0.05) is 25.7 Å². The summed E-state index contributed by atoms with van der Waals surface area (Å²) in [6.07, 6.45) is 5.37. The topological polar surface area (TPSA) is 50.2 Å². The SMILES string of the molecule is CCCN(C)c1cnn(CC(NC)C2CC2)c(=O)c1. The van der Waals surface area contributed by atoms with Crippen LogP contribution in [0.15, 0.2) is 17.1 Å². The van der Waals surface area contributed by atoms with Gasteiger partial charge in [-0.1, -0.05) is 6.92 Å². The zero-order valence-corrected chi connectivity index (χ0v) is 12.1. The van der Waals surface area contributed by atoms with Crippen molar-refractivity contribution in [2.45, 2.75) is 38.8 Å². The Morgan fingerprint density at radius 3 is 2.84 bits per heavy atom. The van der Waals surface area contributed by atoms with E-state index in [0.29, 0.717) is 18.5 Å². The van der Waals surface area contributed by atoms with Gasteiger partial charge in [0.2, 0.25) is 0 Å². The molecule has 0 aliphatic heterocycles. The fourth-order valence-electron chi connectivity index (χ4n) is 2.40. The van der Waals surface area contributed by atoms with Gasteiger partial charge in [-0.15, -0.1) is 0 Å². The lowest BCUT2D eigenvalue weighted by Crippen LogP contribution is -2.37. The van der Waals surface area contributed by atoms with Gasteiger partial charge in [-0.3, -0.25) is 4.79 Å². The van der Waals surface area contributed by atoms with Crippen molar-refractivity contribution < 1.29 is 0 Å². The number of anilines is 1. The van der Waals surface area contributed by atoms with Crippen LogP contribution in [-0.4, -0.2) is 36.5 Å². The fourth-order valence-corrected chi connectivity index (χ4v) is 2.40. The quantitative estimate of drug-likeness (QED) is 0.801. The first-order valence-electron chi connectivity index (χ1n) is 7.11. The molecule has 1 aromatic heterocycles. The molecule has 1 aromatic rings. The van der Waals surface area contributed by atoms with Crippen LogP contribution in [0, 0.1) is 5.92 Å². The third-order valence-corrected chi connectivity index (χ3v) is 3.79. The molecule has 5 nitrogen and oxygen atoms in total. The highest BCUT2D eigenvalue weighted by Crippen LogP contribution is 2.32. The molecule has 1 saturated carbocycles. The summed E-state index contributed by atoms with van der Waals surface area (Å²) < 4.78 is 1.57. The van der Waals surface area contributed by atoms with E-state index in [1.165, 1.54) is 12.8 Å². The Kier molecular flexibility index (Phi) is 4.58. The Balaban J connectivity index is 2.08. The standard InChI is InChI=1S/C14H24N4O/c1-4-7-17(3)12-8-14(19)18(16-9-12)10-13(15-2)11-5-6-11/h8-9,11,13,15H,4-7,10H2,1-3H3. The van der Waals surface area contributed by atoms with Gasteiger partial charge in [0.25, 0.3) is 5.56 Å². The molecule has 106 valence electrons. The van der Waals surface area contributed by atoms with E-state index in [1.807, 2.05) is 14.1 Å². The first kappa shape index (κ1) is 14.1. The first-order chi connectivity index (χ1) is 9.15. The van der Waals surface area contributed by atoms with Crippen LogP contribution in [-0.2, 0) is 6.54 Å². The maximum atomic E-state index is 12.1. The lowest BCUT2D eigenvalue weighted by atomic mass is 10.2. The molecule has 5 heteroatoms. The molecule has 1 fully saturated rings. The number of aromatic nitrogens is 2. The second-order valence-electron chi connectivity index (χ2n) is 5.39. The molecule has 0 bridgehead atoms. The Bertz CT molecular complexity index is 467. The van der Waals surface area contributed by atoms with Crippen molar-refractivity contribution in [1.29, 1.82) is 0 Å². The third kappa shape index (κ3) is 3.56. The molecule has 1 heterocycles. The summed E-state index contributed by atoms with van der Waals surface area (Å²) in [5.41, 5.74) is 0.886. The van der Waals surface area contributed by atoms with Gasteiger partial charge in [-0.05, 0) is 32.2 Å². The van der Waals surface area contributed by atoms with E-state index in [0.717, 1.165) is 18.7 Å². The van der Waals surface area contributed by atoms with Crippen molar-refractivity contribution in [2.75, 3.05) is 25.5 Å². The van der Waals surface area contributed by atoms with Gasteiger partial charge in [-0.2, -0.15) is 5.10 Å². The van der Waals surface area contributed by atoms with Gasteiger partial charge < -0.3 is 10.2 Å². The Morgan fingerprint density at radius 1 is 1.58 bits per heavy atom. The van der Waals surface area contributed by atoms with Gasteiger partial charge in [0.15, 0.2) is 0 Å². The molecule has 0 amide bonds. The first-order valence-corrected chi connectivity index (χ1v) is 7.11. The van der Waals surface area contributed by atoms with Crippen LogP contribution in [0.3, 0.4) is 0 Å². The highest BCUT2D eigenvalue weighted by Gasteiger charge is 2.30. The molecule has 1 unspecified atom stereocenters. The molecule has 1 N–H and O–H groups in total. The van der Waals surface area contributed by atoms with Crippen molar-refractivity contribution in [1.82, 2.24) is 15.1 Å². The highest BCUT2D eigenvalue weighted by atomic mass is 16.1. The summed E-state index contributed by atoms with van der Waals surface area (Å²) in [6.45, 7) is 3.72. The zero-order valence-electron chi connectivity index (χ0n) is 12.1. The van der Waals surface area contributed by atoms with Crippen molar-refractivity contribution >= 4 is 5.69 Å². The lowest BCUT2D eigenvalue weighted by Gasteiger charge is -2.19. The predicted octanol–water partition coefficient (Wildman–Crippen LogP) is 1.09. The second-order valence-corrected chi connectivity index (χ2v) is 5.39. The van der Waals surface area contributed by atoms with E-state index < -0.39 is 0 Å². The van der Waals surface area contributed by atoms with Crippen LogP contribution in [0.5, 0.6) is 0 Å². The third-order valence-electron chi connectivity index (χ3n) is 3.79. The minimum Gasteiger partial charge on any atom is -0.373 e. The average molecular weight is 264 g/mol. The maximum absolute atomic E-state index is 12.1. The molecule has 1 aliphatic carbocycles. The zero-order chi connectivity index (χ0) is 13.8. The lowest BCUT2D eigenvalue weighted by molar-refractivity contribution is 0.403. The minimum absolute atomic E-state index is 0.0126. The fraction of sp³-hybridized carbons (Fsp3) is 0.714. The number of rotatable bonds is 7. The van der Waals surface area contributed by atoms with E-state index >= 15 is 0 Å². The summed E-state index contributed by atoms with van der Waals surface area (Å²) in [4.78, 5) is 14.2. The van der Waals surface area contributed by atoms with Crippen molar-refractivity contribution in [3.63, 3.8) is 0 Å². The molecular weight excluding hydrogens is 240 g/mol. The summed E-state index contributed by atoms with van der Waals surface area (Å²) in [7, 11) is 3.95. The predicted molar refractivity (Wildman–Crippen MR) is 77.6 cm³/mol. The normalized spacial score (nSPS) is 16.4. The summed E-state index contributed by atoms with van der Waals surface area (Å²) in [6, 6.07) is 2.05. The van der Waals surface area contributed by atoms with Crippen LogP contribution in [0.25, 0.3) is 0 Å². The number of hydrogen-bond acceptors (Lipinski definition) is 4. The van der Waals surface area contributed by atoms with Crippen LogP contribution < -0.4 is 15.8 Å². The molecule has 19 heavy (non-hydrogen) atoms. The van der Waals surface area contributed by atoms with Gasteiger partial charge >= 0.3 is 0 Å². The van der Waals surface area contributed by atoms with Crippen molar-refractivity contribution in [3.8, 4) is 0 Å². The van der Waals surface area contributed by atoms with Crippen LogP contribution in [0.2, 0.25) is 0 Å². The maximum Gasteiger partial charge on any atom is 0.268 e. The van der Waals surface area contributed by atoms with E-state index in [2.05, 4.69) is 22.2 Å². The van der Waals surface area contributed by atoms with Crippen molar-refractivity contribution in [3.05, 3.63) is 22.6 Å². The Hall–Kier alpha value is -1.36. The molecule has 0 radical (unpaired) electrons. The van der Waals surface area contributed by atoms with Crippen LogP contribution in [0.4, 0.5) is 5.69 Å². The molecule has 0 saturated heterocycles. The minimum atomic E-state index is -0.0126. The smallest absolute Gasteiger partial charge is 0.268 e. The summed E-state index contributed by atoms with van der Waals surface area (Å²) >= 11 is 0. The van der Waals surface area contributed by atoms with Crippen LogP contribution in [0.1, 0.15) is 26.2 Å². The van der Waals surface area contributed by atoms with Gasteiger partial charge in [0.1, 0.15) is 0 Å². The molecule has 1 aliphatic rings. The number of nitrogens with zero attached hydrogens (tertiary/aromatic N) is 3. The van der Waals surface area contributed by atoms with Gasteiger partial charge in [0.05, 0.1) is 18.4 Å². The Labute approximate surface area is 114 Å². The van der Waals surface area contributed by atoms with E-state index in [1.54, 1.807) is 16.9 Å². The molecule has 2 rings (SSSR count). The van der Waals surface area contributed by atoms with Crippen molar-refractivity contribution in [2.24, 2.45) is 5.92 Å². The van der Waals surface area contributed by atoms with Gasteiger partial charge in [-0.25, -0.2) is 4.68 Å². The summed E-state index contributed by atoms with van der Waals surface area (Å²) in [5.74, 6) is 0.709.